The number of ether oxygens (including phenoxy) is 4. The van der Waals surface area contributed by atoms with Gasteiger partial charge in [0.05, 0.1) is 41.0 Å². The van der Waals surface area contributed by atoms with Crippen molar-refractivity contribution in [3.8, 4) is 34.1 Å². The molecule has 0 fully saturated rings. The van der Waals surface area contributed by atoms with Gasteiger partial charge in [-0.25, -0.2) is 0 Å². The van der Waals surface area contributed by atoms with Crippen LogP contribution < -0.4 is 24.4 Å². The maximum atomic E-state index is 8.70. The number of rotatable bonds is 6. The number of benzene rings is 4. The van der Waals surface area contributed by atoms with Crippen LogP contribution in [-0.2, 0) is 0 Å². The zero-order valence-electron chi connectivity index (χ0n) is 24.3. The molecule has 8 nitrogen and oxygen atoms in total. The van der Waals surface area contributed by atoms with Gasteiger partial charge in [-0.3, -0.25) is 0 Å². The minimum atomic E-state index is -1.40. The molecule has 0 aliphatic carbocycles. The van der Waals surface area contributed by atoms with Crippen LogP contribution in [0.1, 0.15) is 0 Å². The van der Waals surface area contributed by atoms with Gasteiger partial charge in [0.1, 0.15) is 11.5 Å². The van der Waals surface area contributed by atoms with E-state index in [1.807, 2.05) is 60.7 Å². The fraction of sp³-hybridized carbons (Fsp3) is 0.125. The van der Waals surface area contributed by atoms with Crippen molar-refractivity contribution in [2.45, 2.75) is 0 Å². The Morgan fingerprint density at radius 3 is 1.59 bits per heavy atom. The van der Waals surface area contributed by atoms with Gasteiger partial charge >= 0.3 is 59.6 Å². The molecule has 0 unspecified atom stereocenters. The number of methoxy groups -OCH3 is 4. The van der Waals surface area contributed by atoms with Gasteiger partial charge in [0.25, 0.3) is 0 Å². The number of halogens is 2. The van der Waals surface area contributed by atoms with E-state index in [0.717, 1.165) is 54.8 Å². The Labute approximate surface area is 301 Å². The molecular formula is C32H31BBrIO8Xe. The van der Waals surface area contributed by atoms with E-state index in [1.54, 1.807) is 65.2 Å². The quantitative estimate of drug-likeness (QED) is 0.133. The van der Waals surface area contributed by atoms with Crippen LogP contribution in [0.4, 0.5) is 0 Å². The van der Waals surface area contributed by atoms with Crippen LogP contribution in [0.25, 0.3) is 33.1 Å². The first kappa shape index (κ1) is 36.4. The molecule has 0 bridgehead atoms. The van der Waals surface area contributed by atoms with Gasteiger partial charge in [-0.1, -0.05) is 40.2 Å². The van der Waals surface area contributed by atoms with Crippen molar-refractivity contribution in [1.29, 1.82) is 0 Å². The third-order valence-electron chi connectivity index (χ3n) is 6.36. The Bertz CT molecular complexity index is 1720. The summed E-state index contributed by atoms with van der Waals surface area (Å²) in [5.74, 6) is 3.06. The molecule has 4 aromatic carbocycles. The van der Waals surface area contributed by atoms with Crippen LogP contribution in [0.2, 0.25) is 0 Å². The third kappa shape index (κ3) is 9.47. The average molecular weight is 893 g/mol. The number of hydrogen-bond donors (Lipinski definition) is 2. The van der Waals surface area contributed by atoms with Gasteiger partial charge < -0.3 is 37.8 Å². The molecular weight excluding hydrogens is 861 g/mol. The second-order valence-corrected chi connectivity index (χ2v) is 9.62. The normalized spacial score (nSPS) is 9.95. The molecule has 0 radical (unpaired) electrons. The van der Waals surface area contributed by atoms with E-state index in [1.165, 1.54) is 0 Å². The molecule has 2 heterocycles. The van der Waals surface area contributed by atoms with Crippen LogP contribution >= 0.6 is 27.9 Å². The van der Waals surface area contributed by atoms with Crippen molar-refractivity contribution in [1.82, 2.24) is 0 Å². The van der Waals surface area contributed by atoms with Gasteiger partial charge in [0.2, 0.25) is 0 Å². The Morgan fingerprint density at radius 1 is 0.614 bits per heavy atom. The molecule has 0 saturated heterocycles. The second-order valence-electron chi connectivity index (χ2n) is 8.77. The molecule has 0 atom stereocenters. The van der Waals surface area contributed by atoms with E-state index in [9.17, 15) is 0 Å². The Morgan fingerprint density at radius 2 is 1.09 bits per heavy atom. The van der Waals surface area contributed by atoms with Crippen molar-refractivity contribution in [2.75, 3.05) is 28.4 Å². The summed E-state index contributed by atoms with van der Waals surface area (Å²) in [7, 11) is 5.09. The van der Waals surface area contributed by atoms with Crippen LogP contribution in [-0.4, -0.2) is 45.6 Å². The number of hydrogen-bond acceptors (Lipinski definition) is 8. The second kappa shape index (κ2) is 18.8. The van der Waals surface area contributed by atoms with Crippen molar-refractivity contribution < 1.29 is 78.3 Å². The average Bonchev–Trinajstić information content (AvgIpc) is 3.78. The van der Waals surface area contributed by atoms with E-state index < -0.39 is 7.12 Å². The summed E-state index contributed by atoms with van der Waals surface area (Å²) in [5, 5.41) is 19.5. The van der Waals surface area contributed by atoms with Crippen LogP contribution in [0.15, 0.2) is 111 Å². The Kier molecular flexibility index (Phi) is 15.5. The summed E-state index contributed by atoms with van der Waals surface area (Å²) in [6.45, 7) is 0. The summed E-state index contributed by atoms with van der Waals surface area (Å²) in [6, 6.07) is 26.2. The maximum absolute atomic E-state index is 8.70. The minimum absolute atomic E-state index is 0.464. The number of fused-ring (bicyclic) bond motifs is 2. The molecule has 2 N–H and O–H groups in total. The van der Waals surface area contributed by atoms with Gasteiger partial charge in [-0.05, 0) is 77.3 Å². The van der Waals surface area contributed by atoms with Crippen LogP contribution in [0, 0.1) is 40.5 Å². The van der Waals surface area contributed by atoms with Gasteiger partial charge in [0.15, 0.2) is 22.7 Å². The van der Waals surface area contributed by atoms with Crippen molar-refractivity contribution >= 4 is 62.4 Å². The van der Waals surface area contributed by atoms with E-state index in [0.29, 0.717) is 11.2 Å². The van der Waals surface area contributed by atoms with E-state index in [-0.39, 0.29) is 0 Å². The molecule has 0 spiro atoms. The molecule has 0 saturated carbocycles. The first-order chi connectivity index (χ1) is 21.4. The monoisotopic (exact) mass is 892 g/mol. The molecule has 6 rings (SSSR count). The fourth-order valence-corrected chi connectivity index (χ4v) is 4.60. The SMILES string of the molecule is COc1ccc(-c2ccc(OC)c3occc23)cc1.COc1ccc(B(O)O)cc1.COc1ccc(Br)c2ccoc12.I[XeH]. The van der Waals surface area contributed by atoms with Crippen molar-refractivity contribution in [3.63, 3.8) is 0 Å². The fourth-order valence-electron chi connectivity index (χ4n) is 4.16. The van der Waals surface area contributed by atoms with Gasteiger partial charge in [-0.2, -0.15) is 0 Å². The molecule has 0 aliphatic rings. The molecule has 6 aromatic rings. The Hall–Kier alpha value is -2.07. The summed E-state index contributed by atoms with van der Waals surface area (Å²) in [4.78, 5) is 0. The zero-order valence-corrected chi connectivity index (χ0v) is 30.2. The standard InChI is InChI=1S/C16H14O3.C9H7BrO2.C7H9BO3.HIXe/c1-17-12-5-3-11(4-6-12)13-7-8-15(18-2)16-14(13)9-10-19-16;1-11-8-3-2-7(10)6-4-5-12-9(6)8;1-11-7-4-2-6(3-5-7)8(9)10;1-2/h3-10H,1-2H3;2-5H,1H3;2-5,9-10H,1H3;2H. The zero-order chi connectivity index (χ0) is 32.1. The van der Waals surface area contributed by atoms with Crippen LogP contribution in [0.5, 0.6) is 23.0 Å². The third-order valence-corrected chi connectivity index (χ3v) is 7.05. The molecule has 0 amide bonds. The molecule has 44 heavy (non-hydrogen) atoms. The van der Waals surface area contributed by atoms with E-state index >= 15 is 0 Å². The summed E-state index contributed by atoms with van der Waals surface area (Å²) in [6.07, 6.45) is 3.33. The van der Waals surface area contributed by atoms with Gasteiger partial charge in [-0.15, -0.1) is 0 Å². The number of furan rings is 2. The summed E-state index contributed by atoms with van der Waals surface area (Å²) < 4.78 is 32.3. The first-order valence-electron chi connectivity index (χ1n) is 12.9. The van der Waals surface area contributed by atoms with Crippen LogP contribution in [0.3, 0.4) is 0 Å². The van der Waals surface area contributed by atoms with Crippen molar-refractivity contribution in [2.24, 2.45) is 0 Å². The molecule has 232 valence electrons. The predicted octanol–water partition coefficient (Wildman–Crippen LogP) is 7.31. The molecule has 12 heteroatoms. The summed E-state index contributed by atoms with van der Waals surface area (Å²) >= 11 is 7.66. The topological polar surface area (TPSA) is 104 Å². The van der Waals surface area contributed by atoms with E-state index in [4.69, 9.17) is 37.8 Å². The molecule has 0 aliphatic heterocycles. The Balaban J connectivity index is 0.000000184. The first-order valence-corrected chi connectivity index (χ1v) is 20.0. The van der Waals surface area contributed by atoms with Crippen molar-refractivity contribution in [3.05, 3.63) is 102 Å². The summed E-state index contributed by atoms with van der Waals surface area (Å²) in [5.41, 5.74) is 4.26. The van der Waals surface area contributed by atoms with E-state index in [2.05, 4.69) is 68.4 Å². The predicted molar refractivity (Wildman–Crippen MR) is 183 cm³/mol. The van der Waals surface area contributed by atoms with Gasteiger partial charge in [0, 0.05) is 15.2 Å². The molecule has 2 aromatic heterocycles.